The molecule has 0 radical (unpaired) electrons. The summed E-state index contributed by atoms with van der Waals surface area (Å²) in [4.78, 5) is 4.62. The first-order chi connectivity index (χ1) is 15.7. The lowest BCUT2D eigenvalue weighted by molar-refractivity contribution is 0.195. The number of nitrogens with zero attached hydrogens (tertiary/aromatic N) is 6. The zero-order chi connectivity index (χ0) is 21.9. The van der Waals surface area contributed by atoms with Crippen LogP contribution in [0.25, 0.3) is 0 Å². The van der Waals surface area contributed by atoms with Crippen molar-refractivity contribution in [2.24, 2.45) is 0 Å². The summed E-state index contributed by atoms with van der Waals surface area (Å²) in [6.07, 6.45) is 1.03. The van der Waals surface area contributed by atoms with E-state index in [2.05, 4.69) is 112 Å². The Kier molecular flexibility index (Phi) is 5.69. The predicted octanol–water partition coefficient (Wildman–Crippen LogP) is 3.94. The van der Waals surface area contributed by atoms with Crippen molar-refractivity contribution < 1.29 is 0 Å². The molecule has 6 nitrogen and oxygen atoms in total. The maximum Gasteiger partial charge on any atom is 0.173 e. The van der Waals surface area contributed by atoms with Crippen LogP contribution in [0.4, 0.5) is 5.69 Å². The van der Waals surface area contributed by atoms with E-state index in [0.717, 1.165) is 25.3 Å². The number of rotatable bonds is 6. The summed E-state index contributed by atoms with van der Waals surface area (Å²) in [6, 6.07) is 27.9. The SMILES string of the molecule is CN(C)c1ccc(C(c2nnnn2Cc2ccccc2)N2CCc3ccccc3C2)cc1. The summed E-state index contributed by atoms with van der Waals surface area (Å²) in [5.74, 6) is 0.880. The maximum atomic E-state index is 4.53. The van der Waals surface area contributed by atoms with E-state index in [4.69, 9.17) is 0 Å². The number of fused-ring (bicyclic) bond motifs is 1. The van der Waals surface area contributed by atoms with Crippen LogP contribution >= 0.6 is 0 Å². The number of benzene rings is 3. The van der Waals surface area contributed by atoms with Gasteiger partial charge in [-0.1, -0.05) is 66.7 Å². The Bertz CT molecular complexity index is 1170. The van der Waals surface area contributed by atoms with E-state index in [1.54, 1.807) is 0 Å². The fraction of sp³-hybridized carbons (Fsp3) is 0.269. The lowest BCUT2D eigenvalue weighted by Gasteiger charge is -2.35. The Hall–Kier alpha value is -3.51. The van der Waals surface area contributed by atoms with Crippen molar-refractivity contribution in [2.45, 2.75) is 25.6 Å². The van der Waals surface area contributed by atoms with Crippen molar-refractivity contribution in [1.82, 2.24) is 25.1 Å². The minimum atomic E-state index is -0.0155. The third-order valence-corrected chi connectivity index (χ3v) is 6.23. The largest absolute Gasteiger partial charge is 0.378 e. The number of aromatic nitrogens is 4. The molecule has 0 aliphatic carbocycles. The maximum absolute atomic E-state index is 4.53. The Morgan fingerprint density at radius 3 is 2.34 bits per heavy atom. The predicted molar refractivity (Wildman–Crippen MR) is 127 cm³/mol. The molecule has 1 unspecified atom stereocenters. The third kappa shape index (κ3) is 4.14. The second-order valence-corrected chi connectivity index (χ2v) is 8.56. The first kappa shape index (κ1) is 20.4. The molecule has 1 aliphatic heterocycles. The quantitative estimate of drug-likeness (QED) is 0.469. The van der Waals surface area contributed by atoms with Crippen molar-refractivity contribution >= 4 is 5.69 Å². The normalized spacial score (nSPS) is 14.7. The minimum Gasteiger partial charge on any atom is -0.378 e. The van der Waals surface area contributed by atoms with Crippen molar-refractivity contribution in [1.29, 1.82) is 0 Å². The second kappa shape index (κ2) is 8.93. The third-order valence-electron chi connectivity index (χ3n) is 6.23. The summed E-state index contributed by atoms with van der Waals surface area (Å²) < 4.78 is 1.94. The monoisotopic (exact) mass is 424 g/mol. The van der Waals surface area contributed by atoms with Gasteiger partial charge in [0, 0.05) is 32.9 Å². The van der Waals surface area contributed by atoms with E-state index >= 15 is 0 Å². The van der Waals surface area contributed by atoms with Gasteiger partial charge in [0.15, 0.2) is 5.82 Å². The number of hydrogen-bond donors (Lipinski definition) is 0. The van der Waals surface area contributed by atoms with Crippen molar-refractivity contribution in [3.05, 3.63) is 107 Å². The molecular formula is C26H28N6. The molecule has 32 heavy (non-hydrogen) atoms. The molecule has 1 aromatic heterocycles. The van der Waals surface area contributed by atoms with Gasteiger partial charge in [-0.3, -0.25) is 4.90 Å². The minimum absolute atomic E-state index is 0.0155. The highest BCUT2D eigenvalue weighted by Gasteiger charge is 2.30. The number of hydrogen-bond acceptors (Lipinski definition) is 5. The molecule has 1 aliphatic rings. The highest BCUT2D eigenvalue weighted by molar-refractivity contribution is 5.47. The van der Waals surface area contributed by atoms with Crippen LogP contribution in [0.2, 0.25) is 0 Å². The number of anilines is 1. The standard InChI is InChI=1S/C26H28N6/c1-30(2)24-14-12-22(13-15-24)25(31-17-16-21-10-6-7-11-23(21)19-31)26-27-28-29-32(26)18-20-8-4-3-5-9-20/h3-15,25H,16-19H2,1-2H3. The topological polar surface area (TPSA) is 50.1 Å². The van der Waals surface area contributed by atoms with Gasteiger partial charge in [0.2, 0.25) is 0 Å². The average Bonchev–Trinajstić information content (AvgIpc) is 3.27. The lowest BCUT2D eigenvalue weighted by atomic mass is 9.96. The molecule has 0 amide bonds. The van der Waals surface area contributed by atoms with Crippen molar-refractivity contribution in [2.75, 3.05) is 25.5 Å². The van der Waals surface area contributed by atoms with Crippen LogP contribution in [0.15, 0.2) is 78.9 Å². The van der Waals surface area contributed by atoms with Crippen LogP contribution in [0.5, 0.6) is 0 Å². The molecule has 5 rings (SSSR count). The van der Waals surface area contributed by atoms with Gasteiger partial charge in [-0.2, -0.15) is 0 Å². The molecular weight excluding hydrogens is 396 g/mol. The van der Waals surface area contributed by atoms with Crippen LogP contribution in [0.1, 0.15) is 34.1 Å². The Morgan fingerprint density at radius 1 is 0.875 bits per heavy atom. The Morgan fingerprint density at radius 2 is 1.59 bits per heavy atom. The Labute approximate surface area is 189 Å². The van der Waals surface area contributed by atoms with Gasteiger partial charge in [0.25, 0.3) is 0 Å². The van der Waals surface area contributed by atoms with Crippen LogP contribution in [0, 0.1) is 0 Å². The molecule has 4 aromatic rings. The molecule has 162 valence electrons. The molecule has 0 spiro atoms. The molecule has 6 heteroatoms. The highest BCUT2D eigenvalue weighted by atomic mass is 15.5. The summed E-state index contributed by atoms with van der Waals surface area (Å²) in [6.45, 7) is 2.50. The molecule has 1 atom stereocenters. The molecule has 0 N–H and O–H groups in total. The van der Waals surface area contributed by atoms with Gasteiger partial charge in [-0.15, -0.1) is 5.10 Å². The van der Waals surface area contributed by atoms with Gasteiger partial charge in [0.1, 0.15) is 0 Å². The van der Waals surface area contributed by atoms with Crippen LogP contribution in [-0.4, -0.2) is 45.7 Å². The van der Waals surface area contributed by atoms with Gasteiger partial charge in [-0.05, 0) is 51.2 Å². The van der Waals surface area contributed by atoms with E-state index in [1.807, 2.05) is 10.7 Å². The first-order valence-corrected chi connectivity index (χ1v) is 11.1. The molecule has 0 saturated carbocycles. The van der Waals surface area contributed by atoms with Crippen molar-refractivity contribution in [3.63, 3.8) is 0 Å². The summed E-state index contributed by atoms with van der Waals surface area (Å²) >= 11 is 0. The van der Waals surface area contributed by atoms with Crippen LogP contribution in [-0.2, 0) is 19.5 Å². The molecule has 0 fully saturated rings. The lowest BCUT2D eigenvalue weighted by Crippen LogP contribution is -2.36. The second-order valence-electron chi connectivity index (χ2n) is 8.56. The van der Waals surface area contributed by atoms with Gasteiger partial charge < -0.3 is 4.90 Å². The van der Waals surface area contributed by atoms with Crippen molar-refractivity contribution in [3.8, 4) is 0 Å². The smallest absolute Gasteiger partial charge is 0.173 e. The first-order valence-electron chi connectivity index (χ1n) is 11.1. The highest BCUT2D eigenvalue weighted by Crippen LogP contribution is 2.33. The van der Waals surface area contributed by atoms with Crippen LogP contribution in [0.3, 0.4) is 0 Å². The van der Waals surface area contributed by atoms with Crippen LogP contribution < -0.4 is 4.90 Å². The molecule has 2 heterocycles. The summed E-state index contributed by atoms with van der Waals surface area (Å²) in [5, 5.41) is 13.0. The van der Waals surface area contributed by atoms with E-state index in [1.165, 1.54) is 27.9 Å². The fourth-order valence-corrected chi connectivity index (χ4v) is 4.49. The Balaban J connectivity index is 1.53. The summed E-state index contributed by atoms with van der Waals surface area (Å²) in [5.41, 5.74) is 6.40. The van der Waals surface area contributed by atoms with Gasteiger partial charge in [-0.25, -0.2) is 4.68 Å². The van der Waals surface area contributed by atoms with E-state index in [-0.39, 0.29) is 6.04 Å². The average molecular weight is 425 g/mol. The number of tetrazole rings is 1. The van der Waals surface area contributed by atoms with E-state index in [0.29, 0.717) is 6.54 Å². The summed E-state index contributed by atoms with van der Waals surface area (Å²) in [7, 11) is 4.13. The van der Waals surface area contributed by atoms with Gasteiger partial charge >= 0.3 is 0 Å². The fourth-order valence-electron chi connectivity index (χ4n) is 4.49. The molecule has 0 bridgehead atoms. The zero-order valence-corrected chi connectivity index (χ0v) is 18.6. The molecule has 3 aromatic carbocycles. The van der Waals surface area contributed by atoms with E-state index < -0.39 is 0 Å². The molecule has 0 saturated heterocycles. The van der Waals surface area contributed by atoms with Gasteiger partial charge in [0.05, 0.1) is 12.6 Å². The van der Waals surface area contributed by atoms with E-state index in [9.17, 15) is 0 Å². The zero-order valence-electron chi connectivity index (χ0n) is 18.6.